The summed E-state index contributed by atoms with van der Waals surface area (Å²) in [6, 6.07) is -0.0615. The number of carbonyl (C=O) groups is 1. The van der Waals surface area contributed by atoms with Crippen molar-refractivity contribution in [2.75, 3.05) is 13.2 Å². The maximum absolute atomic E-state index is 11.6. The van der Waals surface area contributed by atoms with Crippen molar-refractivity contribution in [1.82, 2.24) is 5.01 Å². The minimum atomic E-state index is -0.510. The molecule has 5 nitrogen and oxygen atoms in total. The Bertz CT molecular complexity index is 219. The van der Waals surface area contributed by atoms with Crippen LogP contribution in [-0.2, 0) is 9.47 Å². The zero-order valence-electron chi connectivity index (χ0n) is 9.66. The number of carbonyl (C=O) groups excluding carboxylic acids is 1. The lowest BCUT2D eigenvalue weighted by molar-refractivity contribution is -0.0150. The average molecular weight is 216 g/mol. The van der Waals surface area contributed by atoms with Crippen molar-refractivity contribution >= 4 is 6.09 Å². The molecule has 1 saturated heterocycles. The summed E-state index contributed by atoms with van der Waals surface area (Å²) in [5, 5.41) is 1.14. The van der Waals surface area contributed by atoms with Gasteiger partial charge in [-0.25, -0.2) is 15.6 Å². The maximum atomic E-state index is 11.6. The summed E-state index contributed by atoms with van der Waals surface area (Å²) in [6.07, 6.45) is 1.31. The topological polar surface area (TPSA) is 64.8 Å². The Morgan fingerprint density at radius 2 is 2.20 bits per heavy atom. The first-order valence-corrected chi connectivity index (χ1v) is 5.25. The predicted molar refractivity (Wildman–Crippen MR) is 56.1 cm³/mol. The number of rotatable bonds is 1. The monoisotopic (exact) mass is 216 g/mol. The van der Waals surface area contributed by atoms with Crippen LogP contribution in [0.3, 0.4) is 0 Å². The number of nitrogens with zero attached hydrogens (tertiary/aromatic N) is 1. The molecule has 1 atom stereocenters. The van der Waals surface area contributed by atoms with Crippen LogP contribution in [-0.4, -0.2) is 36.0 Å². The molecule has 1 heterocycles. The standard InChI is InChI=1S/C10H20N2O3/c1-10(2,3)15-9(13)12(11)8-5-4-6-14-7-8/h8H,4-7,11H2,1-3H3. The van der Waals surface area contributed by atoms with Gasteiger partial charge in [0.05, 0.1) is 12.6 Å². The Balaban J connectivity index is 2.44. The Morgan fingerprint density at radius 1 is 1.53 bits per heavy atom. The summed E-state index contributed by atoms with van der Waals surface area (Å²) in [5.41, 5.74) is -0.510. The molecule has 2 N–H and O–H groups in total. The molecule has 1 rings (SSSR count). The Hall–Kier alpha value is -0.810. The van der Waals surface area contributed by atoms with Gasteiger partial charge >= 0.3 is 6.09 Å². The number of hydrogen-bond acceptors (Lipinski definition) is 4. The normalized spacial score (nSPS) is 22.3. The minimum Gasteiger partial charge on any atom is -0.443 e. The second-order valence-corrected chi connectivity index (χ2v) is 4.76. The van der Waals surface area contributed by atoms with Gasteiger partial charge in [0.2, 0.25) is 0 Å². The van der Waals surface area contributed by atoms with Gasteiger partial charge in [-0.15, -0.1) is 0 Å². The molecule has 1 unspecified atom stereocenters. The maximum Gasteiger partial charge on any atom is 0.424 e. The number of nitrogens with two attached hydrogens (primary N) is 1. The summed E-state index contributed by atoms with van der Waals surface area (Å²) in [5.74, 6) is 5.68. The highest BCUT2D eigenvalue weighted by Gasteiger charge is 2.27. The Labute approximate surface area is 90.5 Å². The molecule has 15 heavy (non-hydrogen) atoms. The van der Waals surface area contributed by atoms with Crippen LogP contribution in [0.2, 0.25) is 0 Å². The van der Waals surface area contributed by atoms with Crippen LogP contribution in [0.1, 0.15) is 33.6 Å². The first kappa shape index (κ1) is 12.3. The molecule has 0 spiro atoms. The van der Waals surface area contributed by atoms with Gasteiger partial charge in [-0.2, -0.15) is 0 Å². The molecule has 0 aromatic heterocycles. The van der Waals surface area contributed by atoms with Gasteiger partial charge in [-0.05, 0) is 33.6 Å². The summed E-state index contributed by atoms with van der Waals surface area (Å²) < 4.78 is 10.4. The molecule has 1 amide bonds. The molecule has 5 heteroatoms. The van der Waals surface area contributed by atoms with Crippen molar-refractivity contribution in [2.45, 2.75) is 45.3 Å². The summed E-state index contributed by atoms with van der Waals surface area (Å²) in [7, 11) is 0. The SMILES string of the molecule is CC(C)(C)OC(=O)N(N)C1CCCOC1. The number of hydrazine groups is 1. The first-order valence-electron chi connectivity index (χ1n) is 5.25. The number of amides is 1. The molecular formula is C10H20N2O3. The van der Waals surface area contributed by atoms with E-state index in [-0.39, 0.29) is 6.04 Å². The number of ether oxygens (including phenoxy) is 2. The van der Waals surface area contributed by atoms with Crippen LogP contribution < -0.4 is 5.84 Å². The fraction of sp³-hybridized carbons (Fsp3) is 0.900. The van der Waals surface area contributed by atoms with Crippen LogP contribution in [0.15, 0.2) is 0 Å². The highest BCUT2D eigenvalue weighted by atomic mass is 16.6. The second kappa shape index (κ2) is 4.81. The van der Waals surface area contributed by atoms with Crippen LogP contribution in [0.4, 0.5) is 4.79 Å². The molecule has 1 aliphatic heterocycles. The first-order chi connectivity index (χ1) is 6.90. The molecule has 0 aromatic rings. The molecule has 0 aromatic carbocycles. The van der Waals surface area contributed by atoms with E-state index < -0.39 is 11.7 Å². The highest BCUT2D eigenvalue weighted by Crippen LogP contribution is 2.14. The third kappa shape index (κ3) is 4.05. The lowest BCUT2D eigenvalue weighted by Gasteiger charge is -2.31. The third-order valence-electron chi connectivity index (χ3n) is 2.13. The van der Waals surface area contributed by atoms with Crippen LogP contribution in [0.5, 0.6) is 0 Å². The van der Waals surface area contributed by atoms with E-state index in [4.69, 9.17) is 15.3 Å². The smallest absolute Gasteiger partial charge is 0.424 e. The van der Waals surface area contributed by atoms with Gasteiger partial charge in [-0.3, -0.25) is 0 Å². The van der Waals surface area contributed by atoms with Crippen molar-refractivity contribution in [2.24, 2.45) is 5.84 Å². The van der Waals surface area contributed by atoms with Crippen molar-refractivity contribution in [3.8, 4) is 0 Å². The largest absolute Gasteiger partial charge is 0.443 e. The Morgan fingerprint density at radius 3 is 2.67 bits per heavy atom. The van der Waals surface area contributed by atoms with E-state index in [1.54, 1.807) is 0 Å². The van der Waals surface area contributed by atoms with Gasteiger partial charge < -0.3 is 9.47 Å². The van der Waals surface area contributed by atoms with E-state index in [1.165, 1.54) is 0 Å². The fourth-order valence-electron chi connectivity index (χ4n) is 1.41. The summed E-state index contributed by atoms with van der Waals surface area (Å²) >= 11 is 0. The van der Waals surface area contributed by atoms with E-state index in [0.29, 0.717) is 6.61 Å². The average Bonchev–Trinajstić information content (AvgIpc) is 2.15. The number of hydrogen-bond donors (Lipinski definition) is 1. The van der Waals surface area contributed by atoms with E-state index in [9.17, 15) is 4.79 Å². The molecule has 88 valence electrons. The molecular weight excluding hydrogens is 196 g/mol. The van der Waals surface area contributed by atoms with Crippen molar-refractivity contribution in [1.29, 1.82) is 0 Å². The molecule has 0 radical (unpaired) electrons. The molecule has 0 aliphatic carbocycles. The van der Waals surface area contributed by atoms with Crippen LogP contribution in [0.25, 0.3) is 0 Å². The molecule has 0 saturated carbocycles. The van der Waals surface area contributed by atoms with Crippen molar-refractivity contribution in [3.63, 3.8) is 0 Å². The highest BCUT2D eigenvalue weighted by molar-refractivity contribution is 5.67. The fourth-order valence-corrected chi connectivity index (χ4v) is 1.41. The molecule has 1 fully saturated rings. The zero-order chi connectivity index (χ0) is 11.5. The third-order valence-corrected chi connectivity index (χ3v) is 2.13. The van der Waals surface area contributed by atoms with E-state index in [0.717, 1.165) is 24.5 Å². The Kier molecular flexibility index (Phi) is 3.93. The van der Waals surface area contributed by atoms with Gasteiger partial charge in [0.25, 0.3) is 0 Å². The lowest BCUT2D eigenvalue weighted by Crippen LogP contribution is -2.51. The van der Waals surface area contributed by atoms with Crippen LogP contribution >= 0.6 is 0 Å². The van der Waals surface area contributed by atoms with E-state index in [1.807, 2.05) is 20.8 Å². The van der Waals surface area contributed by atoms with Crippen LogP contribution in [0, 0.1) is 0 Å². The van der Waals surface area contributed by atoms with Crippen molar-refractivity contribution in [3.05, 3.63) is 0 Å². The molecule has 0 bridgehead atoms. The quantitative estimate of drug-likeness (QED) is 0.407. The minimum absolute atomic E-state index is 0.0615. The van der Waals surface area contributed by atoms with E-state index in [2.05, 4.69) is 0 Å². The van der Waals surface area contributed by atoms with Gasteiger partial charge in [0, 0.05) is 6.61 Å². The van der Waals surface area contributed by atoms with E-state index >= 15 is 0 Å². The predicted octanol–water partition coefficient (Wildman–Crippen LogP) is 1.28. The lowest BCUT2D eigenvalue weighted by atomic mass is 10.1. The van der Waals surface area contributed by atoms with Gasteiger partial charge in [-0.1, -0.05) is 0 Å². The van der Waals surface area contributed by atoms with Gasteiger partial charge in [0.1, 0.15) is 5.60 Å². The zero-order valence-corrected chi connectivity index (χ0v) is 9.66. The summed E-state index contributed by atoms with van der Waals surface area (Å²) in [4.78, 5) is 11.6. The molecule has 1 aliphatic rings. The second-order valence-electron chi connectivity index (χ2n) is 4.76. The van der Waals surface area contributed by atoms with Crippen molar-refractivity contribution < 1.29 is 14.3 Å². The van der Waals surface area contributed by atoms with Gasteiger partial charge in [0.15, 0.2) is 0 Å². The summed E-state index contributed by atoms with van der Waals surface area (Å²) in [6.45, 7) is 6.69.